The molecule has 1 aromatic rings. The maximum atomic E-state index is 9.61. The van der Waals surface area contributed by atoms with Crippen LogP contribution in [0.15, 0.2) is 6.33 Å². The van der Waals surface area contributed by atoms with Gasteiger partial charge in [-0.3, -0.25) is 0 Å². The van der Waals surface area contributed by atoms with E-state index < -0.39 is 5.60 Å². The minimum atomic E-state index is -0.837. The van der Waals surface area contributed by atoms with E-state index in [0.717, 1.165) is 0 Å². The van der Waals surface area contributed by atoms with Gasteiger partial charge in [0.05, 0.1) is 11.7 Å². The average molecular weight is 240 g/mol. The highest BCUT2D eigenvalue weighted by Gasteiger charge is 2.15. The fourth-order valence-corrected chi connectivity index (χ4v) is 1.14. The number of nitrogens with one attached hydrogen (secondary N) is 1. The van der Waals surface area contributed by atoms with Crippen molar-refractivity contribution in [3.63, 3.8) is 0 Å². The third-order valence-corrected chi connectivity index (χ3v) is 1.88. The second-order valence-electron chi connectivity index (χ2n) is 4.77. The molecule has 0 saturated carbocycles. The van der Waals surface area contributed by atoms with Gasteiger partial charge in [0.15, 0.2) is 5.82 Å². The minimum absolute atomic E-state index is 0.00525. The summed E-state index contributed by atoms with van der Waals surface area (Å²) < 4.78 is 5.44. The van der Waals surface area contributed by atoms with Gasteiger partial charge in [-0.05, 0) is 27.7 Å². The lowest BCUT2D eigenvalue weighted by molar-refractivity contribution is 0.0944. The first-order valence-corrected chi connectivity index (χ1v) is 5.53. The Morgan fingerprint density at radius 3 is 2.65 bits per heavy atom. The number of aliphatic hydroxyl groups is 1. The number of nitrogen functional groups attached to an aromatic ring is 1. The van der Waals surface area contributed by atoms with E-state index in [1.54, 1.807) is 13.8 Å². The fraction of sp³-hybridized carbons (Fsp3) is 0.636. The zero-order chi connectivity index (χ0) is 13.1. The Morgan fingerprint density at radius 1 is 1.47 bits per heavy atom. The quantitative estimate of drug-likeness (QED) is 0.711. The van der Waals surface area contributed by atoms with E-state index >= 15 is 0 Å². The molecule has 0 radical (unpaired) electrons. The van der Waals surface area contributed by atoms with Crippen LogP contribution >= 0.6 is 0 Å². The molecule has 0 aromatic carbocycles. The summed E-state index contributed by atoms with van der Waals surface area (Å²) in [6, 6.07) is 0. The third-order valence-electron chi connectivity index (χ3n) is 1.88. The molecule has 4 N–H and O–H groups in total. The van der Waals surface area contributed by atoms with Gasteiger partial charge in [0.1, 0.15) is 12.0 Å². The van der Waals surface area contributed by atoms with Crippen LogP contribution in [0, 0.1) is 0 Å². The molecule has 0 bridgehead atoms. The second-order valence-corrected chi connectivity index (χ2v) is 4.77. The Balaban J connectivity index is 2.80. The maximum absolute atomic E-state index is 9.61. The first-order valence-electron chi connectivity index (χ1n) is 5.53. The van der Waals surface area contributed by atoms with Crippen molar-refractivity contribution in [2.75, 3.05) is 17.6 Å². The second kappa shape index (κ2) is 5.18. The number of rotatable bonds is 5. The number of nitrogens with zero attached hydrogens (tertiary/aromatic N) is 2. The largest absolute Gasteiger partial charge is 0.473 e. The van der Waals surface area contributed by atoms with Crippen LogP contribution in [0.4, 0.5) is 11.5 Å². The maximum Gasteiger partial charge on any atom is 0.242 e. The molecule has 0 fully saturated rings. The van der Waals surface area contributed by atoms with Crippen molar-refractivity contribution in [2.45, 2.75) is 39.4 Å². The van der Waals surface area contributed by atoms with Gasteiger partial charge >= 0.3 is 0 Å². The number of ether oxygens (including phenoxy) is 1. The highest BCUT2D eigenvalue weighted by atomic mass is 16.5. The molecule has 0 aliphatic rings. The van der Waals surface area contributed by atoms with E-state index in [1.165, 1.54) is 6.33 Å². The van der Waals surface area contributed by atoms with E-state index in [4.69, 9.17) is 10.5 Å². The predicted octanol–water partition coefficient (Wildman–Crippen LogP) is 1.03. The van der Waals surface area contributed by atoms with Crippen LogP contribution in [0.5, 0.6) is 5.88 Å². The summed E-state index contributed by atoms with van der Waals surface area (Å²) in [6.45, 7) is 7.53. The van der Waals surface area contributed by atoms with Crippen LogP contribution in [0.25, 0.3) is 0 Å². The lowest BCUT2D eigenvalue weighted by Gasteiger charge is -2.19. The summed E-state index contributed by atoms with van der Waals surface area (Å²) >= 11 is 0. The highest BCUT2D eigenvalue weighted by Crippen LogP contribution is 2.25. The zero-order valence-electron chi connectivity index (χ0n) is 10.7. The van der Waals surface area contributed by atoms with E-state index in [0.29, 0.717) is 23.9 Å². The molecule has 0 aliphatic carbocycles. The van der Waals surface area contributed by atoms with Crippen LogP contribution in [0.1, 0.15) is 27.7 Å². The normalized spacial score (nSPS) is 11.6. The first-order chi connectivity index (χ1) is 7.79. The number of aromatic nitrogens is 2. The number of anilines is 2. The van der Waals surface area contributed by atoms with E-state index in [-0.39, 0.29) is 6.10 Å². The van der Waals surface area contributed by atoms with Crippen LogP contribution in [0.3, 0.4) is 0 Å². The van der Waals surface area contributed by atoms with Gasteiger partial charge in [-0.15, -0.1) is 0 Å². The molecule has 0 spiro atoms. The lowest BCUT2D eigenvalue weighted by Crippen LogP contribution is -2.30. The molecular formula is C11H20N4O2. The molecule has 1 rings (SSSR count). The summed E-state index contributed by atoms with van der Waals surface area (Å²) in [7, 11) is 0. The third kappa shape index (κ3) is 4.44. The van der Waals surface area contributed by atoms with Gasteiger partial charge in [0.2, 0.25) is 5.88 Å². The van der Waals surface area contributed by atoms with Gasteiger partial charge < -0.3 is 20.9 Å². The SMILES string of the molecule is CC(C)Oc1ncnc(NCC(C)(C)O)c1N. The van der Waals surface area contributed by atoms with Crippen molar-refractivity contribution in [1.82, 2.24) is 9.97 Å². The van der Waals surface area contributed by atoms with Crippen molar-refractivity contribution >= 4 is 11.5 Å². The predicted molar refractivity (Wildman–Crippen MR) is 67.0 cm³/mol. The summed E-state index contributed by atoms with van der Waals surface area (Å²) in [5, 5.41) is 12.6. The van der Waals surface area contributed by atoms with Crippen molar-refractivity contribution in [2.24, 2.45) is 0 Å². The summed E-state index contributed by atoms with van der Waals surface area (Å²) in [5.74, 6) is 0.825. The highest BCUT2D eigenvalue weighted by molar-refractivity contribution is 5.66. The minimum Gasteiger partial charge on any atom is -0.473 e. The van der Waals surface area contributed by atoms with Gasteiger partial charge in [-0.25, -0.2) is 4.98 Å². The Bertz CT molecular complexity index is 374. The molecule has 0 amide bonds. The van der Waals surface area contributed by atoms with Gasteiger partial charge in [-0.1, -0.05) is 0 Å². The molecule has 17 heavy (non-hydrogen) atoms. The molecule has 0 saturated heterocycles. The summed E-state index contributed by atoms with van der Waals surface area (Å²) in [6.07, 6.45) is 1.37. The summed E-state index contributed by atoms with van der Waals surface area (Å²) in [5.41, 5.74) is 5.38. The Labute approximate surface area is 101 Å². The molecule has 0 unspecified atom stereocenters. The molecule has 96 valence electrons. The van der Waals surface area contributed by atoms with Crippen LogP contribution < -0.4 is 15.8 Å². The van der Waals surface area contributed by atoms with Gasteiger partial charge in [0.25, 0.3) is 0 Å². The fourth-order valence-electron chi connectivity index (χ4n) is 1.14. The zero-order valence-corrected chi connectivity index (χ0v) is 10.7. The first kappa shape index (κ1) is 13.5. The van der Waals surface area contributed by atoms with E-state index in [2.05, 4.69) is 15.3 Å². The number of hydrogen-bond donors (Lipinski definition) is 3. The molecular weight excluding hydrogens is 220 g/mol. The van der Waals surface area contributed by atoms with Crippen LogP contribution in [-0.2, 0) is 0 Å². The molecule has 0 aliphatic heterocycles. The summed E-state index contributed by atoms with van der Waals surface area (Å²) in [4.78, 5) is 7.97. The molecule has 6 heteroatoms. The molecule has 6 nitrogen and oxygen atoms in total. The molecule has 1 heterocycles. The van der Waals surface area contributed by atoms with E-state index in [1.807, 2.05) is 13.8 Å². The average Bonchev–Trinajstić information content (AvgIpc) is 2.17. The number of nitrogens with two attached hydrogens (primary N) is 1. The molecule has 1 aromatic heterocycles. The smallest absolute Gasteiger partial charge is 0.242 e. The topological polar surface area (TPSA) is 93.3 Å². The van der Waals surface area contributed by atoms with Crippen molar-refractivity contribution in [1.29, 1.82) is 0 Å². The standard InChI is InChI=1S/C11H20N4O2/c1-7(2)17-10-8(12)9(14-6-15-10)13-5-11(3,4)16/h6-7,16H,5,12H2,1-4H3,(H,13,14,15). The van der Waals surface area contributed by atoms with E-state index in [9.17, 15) is 5.11 Å². The monoisotopic (exact) mass is 240 g/mol. The van der Waals surface area contributed by atoms with Crippen molar-refractivity contribution in [3.05, 3.63) is 6.33 Å². The van der Waals surface area contributed by atoms with Crippen molar-refractivity contribution < 1.29 is 9.84 Å². The Kier molecular flexibility index (Phi) is 4.11. The molecule has 0 atom stereocenters. The van der Waals surface area contributed by atoms with Crippen LogP contribution in [-0.4, -0.2) is 33.3 Å². The lowest BCUT2D eigenvalue weighted by atomic mass is 10.1. The van der Waals surface area contributed by atoms with Gasteiger partial charge in [0, 0.05) is 6.54 Å². The van der Waals surface area contributed by atoms with Gasteiger partial charge in [-0.2, -0.15) is 4.98 Å². The van der Waals surface area contributed by atoms with Crippen molar-refractivity contribution in [3.8, 4) is 5.88 Å². The van der Waals surface area contributed by atoms with Crippen LogP contribution in [0.2, 0.25) is 0 Å². The Morgan fingerprint density at radius 2 is 2.12 bits per heavy atom. The Hall–Kier alpha value is -1.56. The number of hydrogen-bond acceptors (Lipinski definition) is 6.